The number of hydrogen-bond donors (Lipinski definition) is 0. The van der Waals surface area contributed by atoms with Crippen molar-refractivity contribution in [3.63, 3.8) is 0 Å². The third kappa shape index (κ3) is 2.08. The quantitative estimate of drug-likeness (QED) is 0.717. The van der Waals surface area contributed by atoms with E-state index in [0.29, 0.717) is 5.56 Å². The van der Waals surface area contributed by atoms with Crippen molar-refractivity contribution in [3.8, 4) is 17.2 Å². The van der Waals surface area contributed by atoms with Crippen molar-refractivity contribution in [1.82, 2.24) is 0 Å². The highest BCUT2D eigenvalue weighted by atomic mass is 35.5. The fourth-order valence-electron chi connectivity index (χ4n) is 1.54. The highest BCUT2D eigenvalue weighted by molar-refractivity contribution is 6.31. The van der Waals surface area contributed by atoms with Gasteiger partial charge >= 0.3 is 0 Å². The largest absolute Gasteiger partial charge is 0.192 e. The average molecular weight is 228 g/mol. The van der Waals surface area contributed by atoms with Gasteiger partial charge in [0.1, 0.15) is 0 Å². The predicted molar refractivity (Wildman–Crippen MR) is 66.3 cm³/mol. The SMILES string of the molecule is Cc1ccc(-c2cccc(C#N)c2)cc1Cl. The fourth-order valence-corrected chi connectivity index (χ4v) is 1.72. The molecule has 2 heteroatoms. The Balaban J connectivity index is 2.51. The van der Waals surface area contributed by atoms with Crippen LogP contribution in [0, 0.1) is 18.3 Å². The van der Waals surface area contributed by atoms with E-state index in [2.05, 4.69) is 6.07 Å². The van der Waals surface area contributed by atoms with Crippen LogP contribution in [0.5, 0.6) is 0 Å². The van der Waals surface area contributed by atoms with Gasteiger partial charge in [0.25, 0.3) is 0 Å². The summed E-state index contributed by atoms with van der Waals surface area (Å²) in [6.45, 7) is 1.97. The predicted octanol–water partition coefficient (Wildman–Crippen LogP) is 4.19. The smallest absolute Gasteiger partial charge is 0.0991 e. The molecule has 1 nitrogen and oxygen atoms in total. The molecular formula is C14H10ClN. The molecule has 0 aliphatic heterocycles. The molecule has 0 fully saturated rings. The molecule has 0 aliphatic carbocycles. The summed E-state index contributed by atoms with van der Waals surface area (Å²) >= 11 is 6.07. The highest BCUT2D eigenvalue weighted by Crippen LogP contribution is 2.25. The molecule has 0 radical (unpaired) electrons. The Morgan fingerprint density at radius 3 is 2.50 bits per heavy atom. The second kappa shape index (κ2) is 4.38. The highest BCUT2D eigenvalue weighted by Gasteiger charge is 2.01. The summed E-state index contributed by atoms with van der Waals surface area (Å²) in [6, 6.07) is 15.6. The van der Waals surface area contributed by atoms with Crippen LogP contribution in [0.4, 0.5) is 0 Å². The molecule has 0 bridgehead atoms. The third-order valence-corrected chi connectivity index (χ3v) is 2.90. The van der Waals surface area contributed by atoms with Crippen molar-refractivity contribution in [1.29, 1.82) is 5.26 Å². The Labute approximate surface area is 99.9 Å². The summed E-state index contributed by atoms with van der Waals surface area (Å²) < 4.78 is 0. The number of nitriles is 1. The number of benzene rings is 2. The molecule has 0 atom stereocenters. The molecule has 0 aromatic heterocycles. The maximum Gasteiger partial charge on any atom is 0.0991 e. The van der Waals surface area contributed by atoms with Gasteiger partial charge in [-0.1, -0.05) is 35.9 Å². The minimum atomic E-state index is 0.661. The number of halogens is 1. The molecule has 2 aromatic carbocycles. The van der Waals surface area contributed by atoms with Crippen molar-refractivity contribution in [2.75, 3.05) is 0 Å². The lowest BCUT2D eigenvalue weighted by Crippen LogP contribution is -1.82. The topological polar surface area (TPSA) is 23.8 Å². The van der Waals surface area contributed by atoms with Gasteiger partial charge in [-0.2, -0.15) is 5.26 Å². The van der Waals surface area contributed by atoms with Crippen LogP contribution in [0.1, 0.15) is 11.1 Å². The zero-order chi connectivity index (χ0) is 11.5. The first-order valence-corrected chi connectivity index (χ1v) is 5.35. The standard InChI is InChI=1S/C14H10ClN/c1-10-5-6-13(8-14(10)15)12-4-2-3-11(7-12)9-16/h2-8H,1H3. The second-order valence-corrected chi connectivity index (χ2v) is 4.06. The number of aryl methyl sites for hydroxylation is 1. The van der Waals surface area contributed by atoms with E-state index >= 15 is 0 Å². The molecule has 0 saturated heterocycles. The van der Waals surface area contributed by atoms with Gasteiger partial charge in [0.05, 0.1) is 11.6 Å². The Kier molecular flexibility index (Phi) is 2.94. The van der Waals surface area contributed by atoms with Crippen LogP contribution in [0.2, 0.25) is 5.02 Å². The minimum Gasteiger partial charge on any atom is -0.192 e. The summed E-state index contributed by atoms with van der Waals surface area (Å²) in [7, 11) is 0. The van der Waals surface area contributed by atoms with Gasteiger partial charge in [-0.3, -0.25) is 0 Å². The van der Waals surface area contributed by atoms with Crippen LogP contribution in [-0.4, -0.2) is 0 Å². The lowest BCUT2D eigenvalue weighted by molar-refractivity contribution is 1.46. The molecule has 0 amide bonds. The van der Waals surface area contributed by atoms with Gasteiger partial charge < -0.3 is 0 Å². The molecule has 0 aliphatic rings. The summed E-state index contributed by atoms with van der Waals surface area (Å²) in [4.78, 5) is 0. The van der Waals surface area contributed by atoms with Crippen molar-refractivity contribution < 1.29 is 0 Å². The molecule has 2 aromatic rings. The summed E-state index contributed by atoms with van der Waals surface area (Å²) in [6.07, 6.45) is 0. The summed E-state index contributed by atoms with van der Waals surface area (Å²) in [5.74, 6) is 0. The maximum atomic E-state index is 8.83. The van der Waals surface area contributed by atoms with Crippen LogP contribution in [0.3, 0.4) is 0 Å². The van der Waals surface area contributed by atoms with Crippen molar-refractivity contribution >= 4 is 11.6 Å². The van der Waals surface area contributed by atoms with Crippen molar-refractivity contribution in [2.45, 2.75) is 6.92 Å². The normalized spacial score (nSPS) is 9.81. The summed E-state index contributed by atoms with van der Waals surface area (Å²) in [5.41, 5.74) is 3.77. The lowest BCUT2D eigenvalue weighted by atomic mass is 10.0. The minimum absolute atomic E-state index is 0.661. The Bertz CT molecular complexity index is 567. The zero-order valence-corrected chi connectivity index (χ0v) is 9.62. The van der Waals surface area contributed by atoms with Crippen molar-refractivity contribution in [3.05, 3.63) is 58.6 Å². The van der Waals surface area contributed by atoms with E-state index in [1.54, 1.807) is 6.07 Å². The monoisotopic (exact) mass is 227 g/mol. The lowest BCUT2D eigenvalue weighted by Gasteiger charge is -2.04. The van der Waals surface area contributed by atoms with Crippen LogP contribution in [-0.2, 0) is 0 Å². The summed E-state index contributed by atoms with van der Waals surface area (Å²) in [5, 5.41) is 9.58. The third-order valence-electron chi connectivity index (χ3n) is 2.50. The van der Waals surface area contributed by atoms with Gasteiger partial charge in [0, 0.05) is 5.02 Å². The van der Waals surface area contributed by atoms with Gasteiger partial charge in [-0.15, -0.1) is 0 Å². The molecular weight excluding hydrogens is 218 g/mol. The van der Waals surface area contributed by atoms with Crippen LogP contribution in [0.15, 0.2) is 42.5 Å². The van der Waals surface area contributed by atoms with E-state index in [1.165, 1.54) is 0 Å². The molecule has 0 spiro atoms. The Morgan fingerprint density at radius 1 is 1.06 bits per heavy atom. The maximum absolute atomic E-state index is 8.83. The molecule has 16 heavy (non-hydrogen) atoms. The first-order chi connectivity index (χ1) is 7.70. The first kappa shape index (κ1) is 10.7. The van der Waals surface area contributed by atoms with E-state index in [9.17, 15) is 0 Å². The molecule has 0 heterocycles. The number of nitrogens with zero attached hydrogens (tertiary/aromatic N) is 1. The fraction of sp³-hybridized carbons (Fsp3) is 0.0714. The molecule has 0 N–H and O–H groups in total. The molecule has 2 rings (SSSR count). The molecule has 78 valence electrons. The van der Waals surface area contributed by atoms with Crippen LogP contribution >= 0.6 is 11.6 Å². The first-order valence-electron chi connectivity index (χ1n) is 4.97. The molecule has 0 unspecified atom stereocenters. The van der Waals surface area contributed by atoms with Gasteiger partial charge in [-0.05, 0) is 41.8 Å². The molecule has 0 saturated carbocycles. The van der Waals surface area contributed by atoms with Gasteiger partial charge in [0.15, 0.2) is 0 Å². The van der Waals surface area contributed by atoms with E-state index in [-0.39, 0.29) is 0 Å². The van der Waals surface area contributed by atoms with Crippen LogP contribution < -0.4 is 0 Å². The van der Waals surface area contributed by atoms with E-state index in [4.69, 9.17) is 16.9 Å². The zero-order valence-electron chi connectivity index (χ0n) is 8.87. The second-order valence-electron chi connectivity index (χ2n) is 3.66. The van der Waals surface area contributed by atoms with E-state index in [1.807, 2.05) is 43.3 Å². The Morgan fingerprint density at radius 2 is 1.81 bits per heavy atom. The van der Waals surface area contributed by atoms with E-state index in [0.717, 1.165) is 21.7 Å². The van der Waals surface area contributed by atoms with Crippen molar-refractivity contribution in [2.24, 2.45) is 0 Å². The van der Waals surface area contributed by atoms with Gasteiger partial charge in [0.2, 0.25) is 0 Å². The van der Waals surface area contributed by atoms with E-state index < -0.39 is 0 Å². The number of rotatable bonds is 1. The van der Waals surface area contributed by atoms with Crippen LogP contribution in [0.25, 0.3) is 11.1 Å². The Hall–Kier alpha value is -1.78. The average Bonchev–Trinajstić information content (AvgIpc) is 2.33. The van der Waals surface area contributed by atoms with Gasteiger partial charge in [-0.25, -0.2) is 0 Å². The number of hydrogen-bond acceptors (Lipinski definition) is 1.